The number of tetrazole rings is 1. The monoisotopic (exact) mass is 631 g/mol. The summed E-state index contributed by atoms with van der Waals surface area (Å²) >= 11 is 0. The predicted molar refractivity (Wildman–Crippen MR) is 150 cm³/mol. The Balaban J connectivity index is 1.41. The molecule has 4 unspecified atom stereocenters. The average Bonchev–Trinajstić information content (AvgIpc) is 3.55. The molecule has 0 saturated carbocycles. The van der Waals surface area contributed by atoms with Gasteiger partial charge in [0.2, 0.25) is 0 Å². The summed E-state index contributed by atoms with van der Waals surface area (Å²) in [5.41, 5.74) is -1.81. The van der Waals surface area contributed by atoms with Crippen LogP contribution in [0, 0.1) is 0 Å². The second-order valence-electron chi connectivity index (χ2n) is 11.5. The molecule has 0 amide bonds. The SMILES string of the molecule is OCCn1nnc(C2CC3(c4ccccc4)C(OCc4cc(C(F)(F)F)cc(C(F)(F)F)c4)CCC2N3Cc2ccccc2)n1. The Bertz CT molecular complexity index is 1560. The molecule has 0 aliphatic carbocycles. The topological polar surface area (TPSA) is 76.3 Å². The summed E-state index contributed by atoms with van der Waals surface area (Å²) in [5.74, 6) is 0.318. The lowest BCUT2D eigenvalue weighted by Crippen LogP contribution is -2.56. The van der Waals surface area contributed by atoms with Crippen molar-refractivity contribution in [1.82, 2.24) is 25.1 Å². The smallest absolute Gasteiger partial charge is 0.394 e. The van der Waals surface area contributed by atoms with Crippen molar-refractivity contribution in [2.75, 3.05) is 6.61 Å². The molecule has 6 rings (SSSR count). The Morgan fingerprint density at radius 2 is 1.49 bits per heavy atom. The fourth-order valence-corrected chi connectivity index (χ4v) is 6.94. The van der Waals surface area contributed by atoms with Gasteiger partial charge in [-0.1, -0.05) is 60.7 Å². The number of aliphatic hydroxyl groups is 1. The Hall–Kier alpha value is -3.81. The Morgan fingerprint density at radius 3 is 2.11 bits per heavy atom. The predicted octanol–water partition coefficient (Wildman–Crippen LogP) is 6.34. The summed E-state index contributed by atoms with van der Waals surface area (Å²) in [5, 5.41) is 22.3. The van der Waals surface area contributed by atoms with Gasteiger partial charge < -0.3 is 9.84 Å². The van der Waals surface area contributed by atoms with Gasteiger partial charge in [-0.3, -0.25) is 4.90 Å². The van der Waals surface area contributed by atoms with Crippen molar-refractivity contribution in [3.63, 3.8) is 0 Å². The van der Waals surface area contributed by atoms with Gasteiger partial charge in [0, 0.05) is 18.5 Å². The van der Waals surface area contributed by atoms with Gasteiger partial charge in [0.05, 0.1) is 42.5 Å². The molecule has 7 nitrogen and oxygen atoms in total. The average molecular weight is 632 g/mol. The van der Waals surface area contributed by atoms with E-state index in [1.165, 1.54) is 4.80 Å². The highest BCUT2D eigenvalue weighted by Gasteiger charge is 2.60. The number of rotatable bonds is 9. The first-order valence-corrected chi connectivity index (χ1v) is 14.6. The molecule has 3 heterocycles. The maximum Gasteiger partial charge on any atom is 0.416 e. The van der Waals surface area contributed by atoms with Crippen LogP contribution in [-0.4, -0.2) is 49.0 Å². The summed E-state index contributed by atoms with van der Waals surface area (Å²) < 4.78 is 88.0. The van der Waals surface area contributed by atoms with Crippen molar-refractivity contribution in [2.45, 2.75) is 74.9 Å². The number of hydrogen-bond acceptors (Lipinski definition) is 6. The Kier molecular flexibility index (Phi) is 8.44. The minimum Gasteiger partial charge on any atom is -0.394 e. The Labute approximate surface area is 255 Å². The van der Waals surface area contributed by atoms with Gasteiger partial charge in [-0.25, -0.2) is 0 Å². The number of benzene rings is 3. The molecule has 4 aromatic rings. The number of aromatic nitrogens is 4. The zero-order chi connectivity index (χ0) is 31.8. The fraction of sp³-hybridized carbons (Fsp3) is 0.406. The molecule has 2 bridgehead atoms. The molecule has 0 radical (unpaired) electrons. The van der Waals surface area contributed by atoms with E-state index in [9.17, 15) is 31.4 Å². The third-order valence-corrected chi connectivity index (χ3v) is 8.83. The van der Waals surface area contributed by atoms with Crippen LogP contribution in [-0.2, 0) is 42.3 Å². The first kappa shape index (κ1) is 31.2. The van der Waals surface area contributed by atoms with Crippen molar-refractivity contribution >= 4 is 0 Å². The first-order chi connectivity index (χ1) is 21.5. The zero-order valence-corrected chi connectivity index (χ0v) is 24.0. The minimum atomic E-state index is -4.95. The summed E-state index contributed by atoms with van der Waals surface area (Å²) in [4.78, 5) is 3.67. The van der Waals surface area contributed by atoms with Crippen molar-refractivity contribution in [3.8, 4) is 0 Å². The molecule has 2 saturated heterocycles. The molecule has 2 fully saturated rings. The molecule has 45 heavy (non-hydrogen) atoms. The number of nitrogens with zero attached hydrogens (tertiary/aromatic N) is 5. The van der Waals surface area contributed by atoms with Gasteiger partial charge in [0.15, 0.2) is 5.82 Å². The van der Waals surface area contributed by atoms with E-state index in [0.717, 1.165) is 23.3 Å². The highest BCUT2D eigenvalue weighted by atomic mass is 19.4. The van der Waals surface area contributed by atoms with Gasteiger partial charge in [-0.05, 0) is 59.4 Å². The molecule has 2 aliphatic rings. The van der Waals surface area contributed by atoms with Crippen molar-refractivity contribution in [1.29, 1.82) is 0 Å². The van der Waals surface area contributed by atoms with Crippen LogP contribution in [0.25, 0.3) is 0 Å². The molecule has 1 N–H and O–H groups in total. The number of hydrogen-bond donors (Lipinski definition) is 1. The standard InChI is InChI=1S/C32H31F6N5O2/c33-31(34,35)24-15-22(16-25(17-24)32(36,37)38)20-45-28-12-11-27-26(29-39-41-43(40-29)13-14-44)18-30(28,23-9-5-2-6-10-23)42(27)19-21-7-3-1-4-8-21/h1-10,15-17,26-28,44H,11-14,18-20H2. The van der Waals surface area contributed by atoms with Crippen molar-refractivity contribution < 1.29 is 36.2 Å². The van der Waals surface area contributed by atoms with Crippen LogP contribution in [0.4, 0.5) is 26.3 Å². The van der Waals surface area contributed by atoms with Crippen LogP contribution in [0.15, 0.2) is 78.9 Å². The van der Waals surface area contributed by atoms with Crippen LogP contribution in [0.3, 0.4) is 0 Å². The zero-order valence-electron chi connectivity index (χ0n) is 24.0. The molecule has 4 atom stereocenters. The van der Waals surface area contributed by atoms with Gasteiger partial charge in [-0.15, -0.1) is 10.2 Å². The van der Waals surface area contributed by atoms with E-state index in [0.29, 0.717) is 31.6 Å². The quantitative estimate of drug-likeness (QED) is 0.218. The molecule has 2 aliphatic heterocycles. The van der Waals surface area contributed by atoms with Gasteiger partial charge in [0.25, 0.3) is 0 Å². The third kappa shape index (κ3) is 6.21. The number of piperidine rings is 1. The first-order valence-electron chi connectivity index (χ1n) is 14.6. The van der Waals surface area contributed by atoms with Gasteiger partial charge in [0.1, 0.15) is 0 Å². The van der Waals surface area contributed by atoms with Gasteiger partial charge in [-0.2, -0.15) is 31.1 Å². The lowest BCUT2D eigenvalue weighted by molar-refractivity contribution is -0.143. The summed E-state index contributed by atoms with van der Waals surface area (Å²) in [6, 6.07) is 21.0. The van der Waals surface area contributed by atoms with E-state index in [4.69, 9.17) is 4.74 Å². The van der Waals surface area contributed by atoms with Crippen LogP contribution >= 0.6 is 0 Å². The number of fused-ring (bicyclic) bond motifs is 2. The van der Waals surface area contributed by atoms with Gasteiger partial charge >= 0.3 is 12.4 Å². The summed E-state index contributed by atoms with van der Waals surface area (Å²) in [6.07, 6.45) is -8.86. The molecular formula is C32H31F6N5O2. The molecule has 1 aromatic heterocycles. The number of ether oxygens (including phenoxy) is 1. The van der Waals surface area contributed by atoms with E-state index in [1.807, 2.05) is 60.7 Å². The fourth-order valence-electron chi connectivity index (χ4n) is 6.94. The molecule has 13 heteroatoms. The molecule has 0 spiro atoms. The van der Waals surface area contributed by atoms with E-state index >= 15 is 0 Å². The van der Waals surface area contributed by atoms with Crippen LogP contribution < -0.4 is 0 Å². The molecular weight excluding hydrogens is 600 g/mol. The second kappa shape index (κ2) is 12.2. The molecule has 238 valence electrons. The summed E-state index contributed by atoms with van der Waals surface area (Å²) in [7, 11) is 0. The van der Waals surface area contributed by atoms with Crippen LogP contribution in [0.2, 0.25) is 0 Å². The molecule has 3 aromatic carbocycles. The van der Waals surface area contributed by atoms with Crippen molar-refractivity contribution in [2.24, 2.45) is 0 Å². The van der Waals surface area contributed by atoms with Crippen LogP contribution in [0.5, 0.6) is 0 Å². The van der Waals surface area contributed by atoms with E-state index in [1.54, 1.807) is 0 Å². The third-order valence-electron chi connectivity index (χ3n) is 8.83. The number of alkyl halides is 6. The maximum absolute atomic E-state index is 13.6. The minimum absolute atomic E-state index is 0.0533. The highest BCUT2D eigenvalue weighted by molar-refractivity contribution is 5.35. The lowest BCUT2D eigenvalue weighted by atomic mass is 9.78. The van der Waals surface area contributed by atoms with E-state index in [-0.39, 0.29) is 36.7 Å². The van der Waals surface area contributed by atoms with E-state index in [2.05, 4.69) is 20.3 Å². The van der Waals surface area contributed by atoms with Crippen LogP contribution in [0.1, 0.15) is 58.8 Å². The van der Waals surface area contributed by atoms with E-state index < -0.39 is 41.7 Å². The summed E-state index contributed by atoms with van der Waals surface area (Å²) in [6.45, 7) is 0.110. The Morgan fingerprint density at radius 1 is 0.844 bits per heavy atom. The lowest BCUT2D eigenvalue weighted by Gasteiger charge is -2.50. The largest absolute Gasteiger partial charge is 0.416 e. The number of aliphatic hydroxyl groups excluding tert-OH is 1. The number of halogens is 6. The second-order valence-corrected chi connectivity index (χ2v) is 11.5. The normalized spacial score (nSPS) is 23.8. The maximum atomic E-state index is 13.6. The van der Waals surface area contributed by atoms with Crippen molar-refractivity contribution in [3.05, 3.63) is 113 Å². The highest BCUT2D eigenvalue weighted by Crippen LogP contribution is 2.57.